The molecule has 1 amide bonds. The number of rotatable bonds is 4. The first-order chi connectivity index (χ1) is 6.03. The van der Waals surface area contributed by atoms with Crippen molar-refractivity contribution >= 4 is 16.0 Å². The summed E-state index contributed by atoms with van der Waals surface area (Å²) in [6, 6.07) is 0. The highest BCUT2D eigenvalue weighted by Gasteiger charge is 2.27. The van der Waals surface area contributed by atoms with Gasteiger partial charge in [-0.05, 0) is 13.8 Å². The van der Waals surface area contributed by atoms with Crippen molar-refractivity contribution in [2.24, 2.45) is 5.92 Å². The maximum absolute atomic E-state index is 11.3. The molecule has 0 atom stereocenters. The Balaban J connectivity index is 4.43. The summed E-state index contributed by atoms with van der Waals surface area (Å²) < 4.78 is 29.8. The Morgan fingerprint density at radius 3 is 2.14 bits per heavy atom. The van der Waals surface area contributed by atoms with Crippen LogP contribution < -0.4 is 5.32 Å². The molecule has 0 bridgehead atoms. The zero-order chi connectivity index (χ0) is 11.6. The third-order valence-corrected chi connectivity index (χ3v) is 2.62. The summed E-state index contributed by atoms with van der Waals surface area (Å²) in [5, 5.41) is 2.53. The van der Waals surface area contributed by atoms with Crippen LogP contribution in [0.2, 0.25) is 0 Å². The molecule has 0 rings (SSSR count). The third-order valence-electron chi connectivity index (χ3n) is 1.53. The summed E-state index contributed by atoms with van der Waals surface area (Å²) >= 11 is 0. The van der Waals surface area contributed by atoms with Gasteiger partial charge in [-0.25, -0.2) is 0 Å². The average Bonchev–Trinajstić information content (AvgIpc) is 1.78. The van der Waals surface area contributed by atoms with Gasteiger partial charge in [0, 0.05) is 5.92 Å². The van der Waals surface area contributed by atoms with E-state index in [1.54, 1.807) is 27.7 Å². The van der Waals surface area contributed by atoms with Crippen molar-refractivity contribution in [1.29, 1.82) is 0 Å². The zero-order valence-electron chi connectivity index (χ0n) is 8.86. The Labute approximate surface area is 84.6 Å². The molecule has 0 aromatic rings. The van der Waals surface area contributed by atoms with E-state index in [9.17, 15) is 13.2 Å². The fourth-order valence-electron chi connectivity index (χ4n) is 0.970. The van der Waals surface area contributed by atoms with Crippen molar-refractivity contribution in [2.75, 3.05) is 5.75 Å². The van der Waals surface area contributed by atoms with Crippen LogP contribution >= 0.6 is 0 Å². The van der Waals surface area contributed by atoms with Gasteiger partial charge < -0.3 is 5.32 Å². The highest BCUT2D eigenvalue weighted by atomic mass is 32.2. The van der Waals surface area contributed by atoms with Crippen LogP contribution in [-0.4, -0.2) is 30.2 Å². The number of nitrogens with one attached hydrogen (secondary N) is 1. The minimum atomic E-state index is -4.07. The first-order valence-electron chi connectivity index (χ1n) is 4.31. The topological polar surface area (TPSA) is 83.5 Å². The Hall–Kier alpha value is -0.620. The molecule has 0 unspecified atom stereocenters. The molecule has 0 fully saturated rings. The second-order valence-corrected chi connectivity index (χ2v) is 5.71. The number of hydrogen-bond acceptors (Lipinski definition) is 3. The van der Waals surface area contributed by atoms with Gasteiger partial charge in [0.25, 0.3) is 10.1 Å². The van der Waals surface area contributed by atoms with Crippen LogP contribution in [0.25, 0.3) is 0 Å². The average molecular weight is 223 g/mol. The Morgan fingerprint density at radius 1 is 1.43 bits per heavy atom. The molecule has 0 heterocycles. The lowest BCUT2D eigenvalue weighted by molar-refractivity contribution is -0.125. The van der Waals surface area contributed by atoms with Crippen molar-refractivity contribution in [1.82, 2.24) is 5.32 Å². The monoisotopic (exact) mass is 223 g/mol. The smallest absolute Gasteiger partial charge is 0.267 e. The number of amides is 1. The van der Waals surface area contributed by atoms with Crippen molar-refractivity contribution in [2.45, 2.75) is 33.2 Å². The van der Waals surface area contributed by atoms with Crippen LogP contribution in [0.1, 0.15) is 27.7 Å². The summed E-state index contributed by atoms with van der Waals surface area (Å²) in [5.41, 5.74) is -0.949. The molecule has 0 aromatic heterocycles. The second kappa shape index (κ2) is 4.27. The summed E-state index contributed by atoms with van der Waals surface area (Å²) in [6.07, 6.45) is 0. The number of carbonyl (C=O) groups is 1. The Kier molecular flexibility index (Phi) is 4.08. The molecule has 5 nitrogen and oxygen atoms in total. The van der Waals surface area contributed by atoms with Crippen LogP contribution in [0.3, 0.4) is 0 Å². The van der Waals surface area contributed by atoms with E-state index in [0.29, 0.717) is 0 Å². The molecule has 6 heteroatoms. The lowest BCUT2D eigenvalue weighted by atomic mass is 10.1. The quantitative estimate of drug-likeness (QED) is 0.677. The van der Waals surface area contributed by atoms with Gasteiger partial charge in [0.1, 0.15) is 0 Å². The normalized spacial score (nSPS) is 13.0. The third kappa shape index (κ3) is 5.93. The SMILES string of the molecule is CC(C)C(=O)NC(C)(C)CS(=O)(=O)O. The standard InChI is InChI=1S/C8H17NO4S/c1-6(2)7(10)9-8(3,4)5-14(11,12)13/h6H,5H2,1-4H3,(H,9,10)(H,11,12,13). The van der Waals surface area contributed by atoms with Crippen molar-refractivity contribution in [3.8, 4) is 0 Å². The molecule has 0 radical (unpaired) electrons. The van der Waals surface area contributed by atoms with Gasteiger partial charge in [-0.2, -0.15) is 8.42 Å². The fraction of sp³-hybridized carbons (Fsp3) is 0.875. The van der Waals surface area contributed by atoms with E-state index in [1.165, 1.54) is 0 Å². The Bertz CT molecular complexity index is 305. The first-order valence-corrected chi connectivity index (χ1v) is 5.91. The molecule has 84 valence electrons. The minimum Gasteiger partial charge on any atom is -0.350 e. The van der Waals surface area contributed by atoms with Crippen LogP contribution in [0, 0.1) is 5.92 Å². The predicted molar refractivity (Wildman–Crippen MR) is 53.5 cm³/mol. The van der Waals surface area contributed by atoms with Crippen LogP contribution in [0.4, 0.5) is 0 Å². The van der Waals surface area contributed by atoms with Crippen molar-refractivity contribution < 1.29 is 17.8 Å². The number of hydrogen-bond donors (Lipinski definition) is 2. The van der Waals surface area contributed by atoms with Crippen LogP contribution in [-0.2, 0) is 14.9 Å². The lowest BCUT2D eigenvalue weighted by Crippen LogP contribution is -2.49. The molecule has 0 spiro atoms. The van der Waals surface area contributed by atoms with E-state index < -0.39 is 21.4 Å². The molecule has 0 aliphatic rings. The zero-order valence-corrected chi connectivity index (χ0v) is 9.68. The fourth-order valence-corrected chi connectivity index (χ4v) is 1.95. The predicted octanol–water partition coefficient (Wildman–Crippen LogP) is 0.425. The molecule has 0 aromatic carbocycles. The maximum atomic E-state index is 11.3. The molecule has 0 aliphatic carbocycles. The molecular weight excluding hydrogens is 206 g/mol. The molecule has 0 saturated carbocycles. The van der Waals surface area contributed by atoms with E-state index >= 15 is 0 Å². The summed E-state index contributed by atoms with van der Waals surface area (Å²) in [5.74, 6) is -0.937. The van der Waals surface area contributed by atoms with Gasteiger partial charge in [0.05, 0.1) is 11.3 Å². The van der Waals surface area contributed by atoms with E-state index in [4.69, 9.17) is 4.55 Å². The van der Waals surface area contributed by atoms with Gasteiger partial charge in [-0.1, -0.05) is 13.8 Å². The molecular formula is C8H17NO4S. The highest BCUT2D eigenvalue weighted by molar-refractivity contribution is 7.85. The molecule has 0 saturated heterocycles. The Morgan fingerprint density at radius 2 is 1.86 bits per heavy atom. The molecule has 2 N–H and O–H groups in total. The van der Waals surface area contributed by atoms with Crippen LogP contribution in [0.15, 0.2) is 0 Å². The minimum absolute atomic E-state index is 0.212. The summed E-state index contributed by atoms with van der Waals surface area (Å²) in [4.78, 5) is 11.3. The van der Waals surface area contributed by atoms with Gasteiger partial charge >= 0.3 is 0 Å². The summed E-state index contributed by atoms with van der Waals surface area (Å²) in [6.45, 7) is 6.50. The van der Waals surface area contributed by atoms with Gasteiger partial charge in [0.2, 0.25) is 5.91 Å². The van der Waals surface area contributed by atoms with Gasteiger partial charge in [-0.15, -0.1) is 0 Å². The van der Waals surface area contributed by atoms with E-state index in [-0.39, 0.29) is 11.8 Å². The van der Waals surface area contributed by atoms with Crippen molar-refractivity contribution in [3.05, 3.63) is 0 Å². The highest BCUT2D eigenvalue weighted by Crippen LogP contribution is 2.07. The van der Waals surface area contributed by atoms with Crippen LogP contribution in [0.5, 0.6) is 0 Å². The van der Waals surface area contributed by atoms with E-state index in [0.717, 1.165) is 0 Å². The molecule has 0 aliphatic heterocycles. The molecule has 14 heavy (non-hydrogen) atoms. The van der Waals surface area contributed by atoms with Crippen molar-refractivity contribution in [3.63, 3.8) is 0 Å². The van der Waals surface area contributed by atoms with E-state index in [1.807, 2.05) is 0 Å². The second-order valence-electron chi connectivity index (χ2n) is 4.25. The maximum Gasteiger partial charge on any atom is 0.267 e. The summed E-state index contributed by atoms with van der Waals surface area (Å²) in [7, 11) is -4.07. The largest absolute Gasteiger partial charge is 0.350 e. The van der Waals surface area contributed by atoms with E-state index in [2.05, 4.69) is 5.32 Å². The number of carbonyl (C=O) groups excluding carboxylic acids is 1. The first kappa shape index (κ1) is 13.4. The van der Waals surface area contributed by atoms with Gasteiger partial charge in [-0.3, -0.25) is 9.35 Å². The lowest BCUT2D eigenvalue weighted by Gasteiger charge is -2.25. The van der Waals surface area contributed by atoms with Gasteiger partial charge in [0.15, 0.2) is 0 Å².